The van der Waals surface area contributed by atoms with Crippen molar-refractivity contribution >= 4 is 17.3 Å². The highest BCUT2D eigenvalue weighted by Crippen LogP contribution is 2.40. The Balaban J connectivity index is 2.32. The Morgan fingerprint density at radius 1 is 1.38 bits per heavy atom. The lowest BCUT2D eigenvalue weighted by atomic mass is 10.2. The number of nitro groups is 1. The summed E-state index contributed by atoms with van der Waals surface area (Å²) in [5.41, 5.74) is 0.128. The Kier molecular flexibility index (Phi) is 4.46. The normalized spacial score (nSPS) is 12.7. The molecule has 0 atom stereocenters. The average molecular weight is 296 g/mol. The summed E-state index contributed by atoms with van der Waals surface area (Å²) in [7, 11) is 1.58. The number of likely N-dealkylation sites (N-methyl/N-ethyl adjacent to an activating group) is 1. The maximum absolute atomic E-state index is 11.5. The molecule has 0 unspecified atom stereocenters. The zero-order valence-electron chi connectivity index (χ0n) is 11.8. The standard InChI is InChI=1S/C13H16N2O6/c1-3-19-13(16)8-14(2)9-6-11-12(21-5-4-20-11)7-10(9)15(17)18/h6-7H,3-5,8H2,1-2H3. The van der Waals surface area contributed by atoms with Gasteiger partial charge in [-0.1, -0.05) is 0 Å². The highest BCUT2D eigenvalue weighted by molar-refractivity contribution is 5.79. The molecule has 1 aliphatic rings. The fourth-order valence-electron chi connectivity index (χ4n) is 2.00. The van der Waals surface area contributed by atoms with E-state index < -0.39 is 10.9 Å². The van der Waals surface area contributed by atoms with Gasteiger partial charge in [-0.2, -0.15) is 0 Å². The van der Waals surface area contributed by atoms with Gasteiger partial charge in [0.05, 0.1) is 17.6 Å². The van der Waals surface area contributed by atoms with Crippen LogP contribution in [0.15, 0.2) is 12.1 Å². The van der Waals surface area contributed by atoms with Crippen molar-refractivity contribution in [1.29, 1.82) is 0 Å². The number of hydrogen-bond acceptors (Lipinski definition) is 7. The molecule has 0 radical (unpaired) electrons. The van der Waals surface area contributed by atoms with Crippen LogP contribution in [0.4, 0.5) is 11.4 Å². The van der Waals surface area contributed by atoms with Crippen molar-refractivity contribution in [3.63, 3.8) is 0 Å². The number of nitro benzene ring substituents is 1. The summed E-state index contributed by atoms with van der Waals surface area (Å²) in [4.78, 5) is 23.6. The molecule has 0 amide bonds. The lowest BCUT2D eigenvalue weighted by Crippen LogP contribution is -2.28. The lowest BCUT2D eigenvalue weighted by molar-refractivity contribution is -0.384. The molecule has 0 saturated carbocycles. The van der Waals surface area contributed by atoms with Gasteiger partial charge in [-0.15, -0.1) is 0 Å². The molecule has 1 heterocycles. The van der Waals surface area contributed by atoms with Crippen LogP contribution in [-0.4, -0.2) is 44.3 Å². The number of carbonyl (C=O) groups is 1. The zero-order chi connectivity index (χ0) is 15.4. The van der Waals surface area contributed by atoms with E-state index >= 15 is 0 Å². The predicted octanol–water partition coefficient (Wildman–Crippen LogP) is 1.37. The Morgan fingerprint density at radius 2 is 2.00 bits per heavy atom. The van der Waals surface area contributed by atoms with Crippen LogP contribution in [0.3, 0.4) is 0 Å². The molecule has 1 aromatic rings. The van der Waals surface area contributed by atoms with Crippen LogP contribution in [0, 0.1) is 10.1 Å². The summed E-state index contributed by atoms with van der Waals surface area (Å²) in [5.74, 6) is 0.308. The minimum atomic E-state index is -0.519. The van der Waals surface area contributed by atoms with Gasteiger partial charge in [0, 0.05) is 13.1 Å². The van der Waals surface area contributed by atoms with Crippen LogP contribution in [0.1, 0.15) is 6.92 Å². The quantitative estimate of drug-likeness (QED) is 0.460. The molecule has 114 valence electrons. The monoisotopic (exact) mass is 296 g/mol. The van der Waals surface area contributed by atoms with Gasteiger partial charge in [0.15, 0.2) is 11.5 Å². The molecule has 0 fully saturated rings. The number of benzene rings is 1. The van der Waals surface area contributed by atoms with Crippen LogP contribution in [-0.2, 0) is 9.53 Å². The molecule has 21 heavy (non-hydrogen) atoms. The first-order chi connectivity index (χ1) is 10.0. The van der Waals surface area contributed by atoms with Crippen LogP contribution >= 0.6 is 0 Å². The Bertz CT molecular complexity index is 560. The van der Waals surface area contributed by atoms with Crippen LogP contribution in [0.2, 0.25) is 0 Å². The van der Waals surface area contributed by atoms with E-state index in [2.05, 4.69) is 0 Å². The molecule has 0 N–H and O–H groups in total. The van der Waals surface area contributed by atoms with Gasteiger partial charge >= 0.3 is 5.97 Å². The van der Waals surface area contributed by atoms with Gasteiger partial charge in [-0.25, -0.2) is 0 Å². The molecule has 8 nitrogen and oxygen atoms in total. The van der Waals surface area contributed by atoms with Gasteiger partial charge in [-0.05, 0) is 6.92 Å². The largest absolute Gasteiger partial charge is 0.486 e. The summed E-state index contributed by atoms with van der Waals surface area (Å²) in [6.07, 6.45) is 0. The maximum Gasteiger partial charge on any atom is 0.325 e. The molecule has 0 saturated heterocycles. The second kappa shape index (κ2) is 6.29. The van der Waals surface area contributed by atoms with E-state index in [0.717, 1.165) is 0 Å². The SMILES string of the molecule is CCOC(=O)CN(C)c1cc2c(cc1[N+](=O)[O-])OCCO2. The van der Waals surface area contributed by atoms with Crippen molar-refractivity contribution in [1.82, 2.24) is 0 Å². The molecule has 1 aromatic carbocycles. The van der Waals surface area contributed by atoms with E-state index in [0.29, 0.717) is 24.7 Å². The van der Waals surface area contributed by atoms with E-state index in [1.807, 2.05) is 0 Å². The number of esters is 1. The number of hydrogen-bond donors (Lipinski definition) is 0. The Labute approximate surface area is 121 Å². The van der Waals surface area contributed by atoms with Crippen LogP contribution in [0.5, 0.6) is 11.5 Å². The van der Waals surface area contributed by atoms with Gasteiger partial charge < -0.3 is 19.1 Å². The smallest absolute Gasteiger partial charge is 0.325 e. The third-order valence-corrected chi connectivity index (χ3v) is 2.92. The molecule has 0 spiro atoms. The summed E-state index contributed by atoms with van der Waals surface area (Å²) < 4.78 is 15.6. The summed E-state index contributed by atoms with van der Waals surface area (Å²) in [6, 6.07) is 2.82. The third kappa shape index (κ3) is 3.33. The van der Waals surface area contributed by atoms with E-state index in [-0.39, 0.29) is 24.5 Å². The maximum atomic E-state index is 11.5. The van der Waals surface area contributed by atoms with Gasteiger partial charge in [-0.3, -0.25) is 14.9 Å². The molecular weight excluding hydrogens is 280 g/mol. The topological polar surface area (TPSA) is 91.1 Å². The van der Waals surface area contributed by atoms with E-state index in [9.17, 15) is 14.9 Å². The average Bonchev–Trinajstić information content (AvgIpc) is 2.45. The van der Waals surface area contributed by atoms with Crippen molar-refractivity contribution < 1.29 is 23.9 Å². The van der Waals surface area contributed by atoms with Crippen molar-refractivity contribution in [2.24, 2.45) is 0 Å². The number of anilines is 1. The fourth-order valence-corrected chi connectivity index (χ4v) is 2.00. The number of nitrogens with zero attached hydrogens (tertiary/aromatic N) is 2. The van der Waals surface area contributed by atoms with Crippen molar-refractivity contribution in [3.05, 3.63) is 22.2 Å². The first kappa shape index (κ1) is 14.9. The van der Waals surface area contributed by atoms with Crippen molar-refractivity contribution in [3.8, 4) is 11.5 Å². The second-order valence-electron chi connectivity index (χ2n) is 4.40. The van der Waals surface area contributed by atoms with E-state index in [1.54, 1.807) is 14.0 Å². The second-order valence-corrected chi connectivity index (χ2v) is 4.40. The highest BCUT2D eigenvalue weighted by atomic mass is 16.6. The molecule has 0 bridgehead atoms. The number of fused-ring (bicyclic) bond motifs is 1. The minimum absolute atomic E-state index is 0.0890. The van der Waals surface area contributed by atoms with Crippen LogP contribution < -0.4 is 14.4 Å². The molecular formula is C13H16N2O6. The summed E-state index contributed by atoms with van der Waals surface area (Å²) in [6.45, 7) is 2.60. The molecule has 2 rings (SSSR count). The van der Waals surface area contributed by atoms with E-state index in [4.69, 9.17) is 14.2 Å². The van der Waals surface area contributed by atoms with Gasteiger partial charge in [0.1, 0.15) is 25.4 Å². The molecule has 0 aliphatic carbocycles. The Hall–Kier alpha value is -2.51. The highest BCUT2D eigenvalue weighted by Gasteiger charge is 2.25. The fraction of sp³-hybridized carbons (Fsp3) is 0.462. The Morgan fingerprint density at radius 3 is 2.57 bits per heavy atom. The minimum Gasteiger partial charge on any atom is -0.486 e. The van der Waals surface area contributed by atoms with Gasteiger partial charge in [0.25, 0.3) is 5.69 Å². The first-order valence-corrected chi connectivity index (χ1v) is 6.47. The number of ether oxygens (including phenoxy) is 3. The predicted molar refractivity (Wildman–Crippen MR) is 74.0 cm³/mol. The van der Waals surface area contributed by atoms with Crippen LogP contribution in [0.25, 0.3) is 0 Å². The first-order valence-electron chi connectivity index (χ1n) is 6.47. The third-order valence-electron chi connectivity index (χ3n) is 2.92. The van der Waals surface area contributed by atoms with Crippen molar-refractivity contribution in [2.45, 2.75) is 6.92 Å². The molecule has 0 aromatic heterocycles. The summed E-state index contributed by atoms with van der Waals surface area (Å²) in [5, 5.41) is 11.2. The number of rotatable bonds is 5. The zero-order valence-corrected chi connectivity index (χ0v) is 11.8. The van der Waals surface area contributed by atoms with E-state index in [1.165, 1.54) is 17.0 Å². The van der Waals surface area contributed by atoms with Gasteiger partial charge in [0.2, 0.25) is 0 Å². The number of carbonyl (C=O) groups excluding carboxylic acids is 1. The summed E-state index contributed by atoms with van der Waals surface area (Å²) >= 11 is 0. The lowest BCUT2D eigenvalue weighted by Gasteiger charge is -2.22. The van der Waals surface area contributed by atoms with Crippen molar-refractivity contribution in [2.75, 3.05) is 38.3 Å². The molecule has 1 aliphatic heterocycles. The molecule has 8 heteroatoms.